The fourth-order valence-electron chi connectivity index (χ4n) is 2.29. The van der Waals surface area contributed by atoms with Crippen LogP contribution in [0.25, 0.3) is 0 Å². The van der Waals surface area contributed by atoms with Gasteiger partial charge in [-0.1, -0.05) is 19.1 Å². The normalized spacial score (nSPS) is 12.1. The fourth-order valence-corrected chi connectivity index (χ4v) is 3.22. The number of anilines is 1. The Kier molecular flexibility index (Phi) is 5.53. The molecule has 0 saturated carbocycles. The average Bonchev–Trinajstić information content (AvgIpc) is 2.91. The van der Waals surface area contributed by atoms with Crippen LogP contribution in [0.15, 0.2) is 35.7 Å². The lowest BCUT2D eigenvalue weighted by Gasteiger charge is -2.15. The minimum atomic E-state index is -0.0427. The number of benzene rings is 1. The molecule has 2 aromatic rings. The molecule has 3 nitrogen and oxygen atoms in total. The van der Waals surface area contributed by atoms with Crippen molar-refractivity contribution in [1.29, 1.82) is 0 Å². The highest BCUT2D eigenvalue weighted by atomic mass is 32.1. The molecule has 112 valence electrons. The maximum absolute atomic E-state index is 11.1. The highest BCUT2D eigenvalue weighted by Gasteiger charge is 2.08. The van der Waals surface area contributed by atoms with Crippen LogP contribution in [0.1, 0.15) is 42.8 Å². The topological polar surface area (TPSA) is 41.1 Å². The summed E-state index contributed by atoms with van der Waals surface area (Å²) >= 11 is 1.80. The number of hydrogen-bond acceptors (Lipinski definition) is 3. The molecule has 1 amide bonds. The second-order valence-corrected chi connectivity index (χ2v) is 6.13. The van der Waals surface area contributed by atoms with Gasteiger partial charge < -0.3 is 10.6 Å². The highest BCUT2D eigenvalue weighted by molar-refractivity contribution is 7.10. The maximum atomic E-state index is 11.1. The van der Waals surface area contributed by atoms with Crippen LogP contribution in [0.2, 0.25) is 0 Å². The average molecular weight is 302 g/mol. The fraction of sp³-hybridized carbons (Fsp3) is 0.353. The van der Waals surface area contributed by atoms with Crippen molar-refractivity contribution in [2.45, 2.75) is 39.8 Å². The third-order valence-corrected chi connectivity index (χ3v) is 4.46. The van der Waals surface area contributed by atoms with Crippen LogP contribution >= 0.6 is 11.3 Å². The summed E-state index contributed by atoms with van der Waals surface area (Å²) in [5.74, 6) is -0.0427. The van der Waals surface area contributed by atoms with E-state index in [4.69, 9.17) is 0 Å². The molecule has 0 saturated heterocycles. The summed E-state index contributed by atoms with van der Waals surface area (Å²) in [7, 11) is 0. The first-order valence-electron chi connectivity index (χ1n) is 7.26. The Hall–Kier alpha value is -1.65. The first-order chi connectivity index (χ1) is 10.1. The quantitative estimate of drug-likeness (QED) is 0.842. The summed E-state index contributed by atoms with van der Waals surface area (Å²) in [5, 5.41) is 8.53. The van der Waals surface area contributed by atoms with E-state index in [1.807, 2.05) is 18.2 Å². The Balaban J connectivity index is 2.00. The van der Waals surface area contributed by atoms with Gasteiger partial charge in [0, 0.05) is 30.1 Å². The molecule has 2 rings (SSSR count). The van der Waals surface area contributed by atoms with Crippen LogP contribution in [0.4, 0.5) is 5.69 Å². The molecule has 0 spiro atoms. The molecule has 1 unspecified atom stereocenters. The third kappa shape index (κ3) is 4.41. The number of carbonyl (C=O) groups is 1. The van der Waals surface area contributed by atoms with E-state index >= 15 is 0 Å². The summed E-state index contributed by atoms with van der Waals surface area (Å²) in [6.07, 6.45) is 1.08. The molecular weight excluding hydrogens is 280 g/mol. The van der Waals surface area contributed by atoms with Crippen molar-refractivity contribution < 1.29 is 4.79 Å². The predicted molar refractivity (Wildman–Crippen MR) is 89.7 cm³/mol. The Morgan fingerprint density at radius 1 is 1.33 bits per heavy atom. The monoisotopic (exact) mass is 302 g/mol. The Bertz CT molecular complexity index is 606. The summed E-state index contributed by atoms with van der Waals surface area (Å²) in [4.78, 5) is 12.5. The predicted octanol–water partition coefficient (Wildman–Crippen LogP) is 4.12. The zero-order valence-corrected chi connectivity index (χ0v) is 13.6. The van der Waals surface area contributed by atoms with E-state index < -0.39 is 0 Å². The van der Waals surface area contributed by atoms with E-state index in [1.165, 1.54) is 22.9 Å². The first-order valence-corrected chi connectivity index (χ1v) is 8.14. The molecule has 1 atom stereocenters. The Morgan fingerprint density at radius 2 is 2.14 bits per heavy atom. The number of carbonyl (C=O) groups excluding carboxylic acids is 1. The van der Waals surface area contributed by atoms with E-state index in [1.54, 1.807) is 11.3 Å². The van der Waals surface area contributed by atoms with Gasteiger partial charge in [0.1, 0.15) is 0 Å². The summed E-state index contributed by atoms with van der Waals surface area (Å²) in [6.45, 7) is 6.74. The molecular formula is C17H22N2OS. The van der Waals surface area contributed by atoms with Crippen molar-refractivity contribution >= 4 is 22.9 Å². The molecule has 0 aliphatic rings. The molecule has 0 bridgehead atoms. The molecule has 21 heavy (non-hydrogen) atoms. The van der Waals surface area contributed by atoms with E-state index in [2.05, 4.69) is 42.0 Å². The van der Waals surface area contributed by atoms with Gasteiger partial charge in [-0.15, -0.1) is 11.3 Å². The number of nitrogens with one attached hydrogen (secondary N) is 2. The zero-order chi connectivity index (χ0) is 15.2. The van der Waals surface area contributed by atoms with Gasteiger partial charge in [-0.3, -0.25) is 4.79 Å². The highest BCUT2D eigenvalue weighted by Crippen LogP contribution is 2.21. The lowest BCUT2D eigenvalue weighted by Crippen LogP contribution is -2.18. The number of aryl methyl sites for hydroxylation is 1. The van der Waals surface area contributed by atoms with E-state index in [0.29, 0.717) is 0 Å². The second kappa shape index (κ2) is 7.38. The van der Waals surface area contributed by atoms with Crippen molar-refractivity contribution in [3.8, 4) is 0 Å². The van der Waals surface area contributed by atoms with Crippen molar-refractivity contribution in [1.82, 2.24) is 5.32 Å². The second-order valence-electron chi connectivity index (χ2n) is 5.13. The van der Waals surface area contributed by atoms with E-state index in [0.717, 1.165) is 18.7 Å². The standard InChI is InChI=1S/C17H22N2OS/c1-4-14-8-9-21-17(14)11-18-12(2)15-6-5-7-16(10-15)19-13(3)20/h5-10,12,18H,4,11H2,1-3H3,(H,19,20). The molecule has 4 heteroatoms. The number of rotatable bonds is 6. The summed E-state index contributed by atoms with van der Waals surface area (Å²) in [5.41, 5.74) is 3.45. The molecule has 0 aliphatic carbocycles. The van der Waals surface area contributed by atoms with Gasteiger partial charge in [0.05, 0.1) is 0 Å². The van der Waals surface area contributed by atoms with Crippen molar-refractivity contribution in [2.24, 2.45) is 0 Å². The molecule has 1 aromatic heterocycles. The van der Waals surface area contributed by atoms with Gasteiger partial charge in [-0.2, -0.15) is 0 Å². The number of thiophene rings is 1. The zero-order valence-electron chi connectivity index (χ0n) is 12.8. The van der Waals surface area contributed by atoms with Gasteiger partial charge in [-0.25, -0.2) is 0 Å². The summed E-state index contributed by atoms with van der Waals surface area (Å²) in [6, 6.07) is 10.4. The van der Waals surface area contributed by atoms with Crippen LogP contribution in [0.5, 0.6) is 0 Å². The van der Waals surface area contributed by atoms with Gasteiger partial charge in [0.15, 0.2) is 0 Å². The van der Waals surface area contributed by atoms with Crippen LogP contribution < -0.4 is 10.6 Å². The molecule has 1 heterocycles. The number of amides is 1. The molecule has 0 radical (unpaired) electrons. The SMILES string of the molecule is CCc1ccsc1CNC(C)c1cccc(NC(C)=O)c1. The van der Waals surface area contributed by atoms with E-state index in [-0.39, 0.29) is 11.9 Å². The van der Waals surface area contributed by atoms with Gasteiger partial charge >= 0.3 is 0 Å². The van der Waals surface area contributed by atoms with Gasteiger partial charge in [0.25, 0.3) is 0 Å². The molecule has 1 aromatic carbocycles. The Morgan fingerprint density at radius 3 is 2.86 bits per heavy atom. The Labute approximate surface area is 130 Å². The molecule has 0 aliphatic heterocycles. The van der Waals surface area contributed by atoms with Crippen LogP contribution in [-0.4, -0.2) is 5.91 Å². The smallest absolute Gasteiger partial charge is 0.221 e. The third-order valence-electron chi connectivity index (χ3n) is 3.49. The van der Waals surface area contributed by atoms with Crippen LogP contribution in [0, 0.1) is 0 Å². The minimum absolute atomic E-state index is 0.0427. The maximum Gasteiger partial charge on any atom is 0.221 e. The lowest BCUT2D eigenvalue weighted by molar-refractivity contribution is -0.114. The van der Waals surface area contributed by atoms with E-state index in [9.17, 15) is 4.79 Å². The molecule has 2 N–H and O–H groups in total. The van der Waals surface area contributed by atoms with Crippen molar-refractivity contribution in [3.63, 3.8) is 0 Å². The van der Waals surface area contributed by atoms with Crippen LogP contribution in [-0.2, 0) is 17.8 Å². The lowest BCUT2D eigenvalue weighted by atomic mass is 10.1. The number of hydrogen-bond donors (Lipinski definition) is 2. The van der Waals surface area contributed by atoms with Crippen molar-refractivity contribution in [2.75, 3.05) is 5.32 Å². The van der Waals surface area contributed by atoms with Gasteiger partial charge in [0.2, 0.25) is 5.91 Å². The largest absolute Gasteiger partial charge is 0.326 e. The van der Waals surface area contributed by atoms with Crippen molar-refractivity contribution in [3.05, 3.63) is 51.7 Å². The first kappa shape index (κ1) is 15.7. The minimum Gasteiger partial charge on any atom is -0.326 e. The summed E-state index contributed by atoms with van der Waals surface area (Å²) < 4.78 is 0. The molecule has 0 fully saturated rings. The van der Waals surface area contributed by atoms with Crippen LogP contribution in [0.3, 0.4) is 0 Å². The van der Waals surface area contributed by atoms with Gasteiger partial charge in [-0.05, 0) is 48.1 Å².